The van der Waals surface area contributed by atoms with E-state index in [1.165, 1.54) is 24.3 Å². The average molecular weight is 524 g/mol. The Labute approximate surface area is 221 Å². The van der Waals surface area contributed by atoms with Gasteiger partial charge < -0.3 is 15.0 Å². The summed E-state index contributed by atoms with van der Waals surface area (Å²) in [6.07, 6.45) is 3.81. The molecule has 2 aromatic carbocycles. The molecule has 37 heavy (non-hydrogen) atoms. The lowest BCUT2D eigenvalue weighted by atomic mass is 9.99. The second-order valence-corrected chi connectivity index (χ2v) is 9.75. The molecule has 0 radical (unpaired) electrons. The SMILES string of the molecule is CCCCOC(=O)c1ccc(N2C(=O)C(Cl)=C(Nc3ccc(C(=O)N4CCCC(C)C4)cc3)C2=O)cc1. The number of ether oxygens (including phenoxy) is 1. The number of unbranched alkanes of at least 4 members (excludes halogenated alkanes) is 1. The molecule has 3 amide bonds. The zero-order valence-corrected chi connectivity index (χ0v) is 21.7. The first-order valence-electron chi connectivity index (χ1n) is 12.5. The zero-order valence-electron chi connectivity index (χ0n) is 21.0. The van der Waals surface area contributed by atoms with Gasteiger partial charge in [0.25, 0.3) is 17.7 Å². The Kier molecular flexibility index (Phi) is 8.28. The van der Waals surface area contributed by atoms with Crippen LogP contribution in [0, 0.1) is 5.92 Å². The molecule has 1 saturated heterocycles. The maximum atomic E-state index is 13.1. The number of carbonyl (C=O) groups excluding carboxylic acids is 4. The molecule has 1 fully saturated rings. The van der Waals surface area contributed by atoms with E-state index in [0.29, 0.717) is 29.3 Å². The topological polar surface area (TPSA) is 96.0 Å². The molecule has 2 aliphatic heterocycles. The van der Waals surface area contributed by atoms with Crippen LogP contribution >= 0.6 is 11.6 Å². The number of nitrogens with one attached hydrogen (secondary N) is 1. The normalized spacial score (nSPS) is 17.9. The van der Waals surface area contributed by atoms with Gasteiger partial charge in [-0.2, -0.15) is 0 Å². The molecule has 0 aromatic heterocycles. The summed E-state index contributed by atoms with van der Waals surface area (Å²) in [6.45, 7) is 5.97. The van der Waals surface area contributed by atoms with Gasteiger partial charge >= 0.3 is 5.97 Å². The van der Waals surface area contributed by atoms with Crippen molar-refractivity contribution in [2.75, 3.05) is 29.9 Å². The predicted octanol–water partition coefficient (Wildman–Crippen LogP) is 4.95. The van der Waals surface area contributed by atoms with E-state index < -0.39 is 17.8 Å². The number of hydrogen-bond donors (Lipinski definition) is 1. The molecule has 2 heterocycles. The van der Waals surface area contributed by atoms with Gasteiger partial charge in [-0.05, 0) is 73.7 Å². The lowest BCUT2D eigenvalue weighted by Crippen LogP contribution is -2.39. The van der Waals surface area contributed by atoms with E-state index in [9.17, 15) is 19.2 Å². The Morgan fingerprint density at radius 2 is 1.70 bits per heavy atom. The maximum Gasteiger partial charge on any atom is 0.338 e. The van der Waals surface area contributed by atoms with E-state index in [0.717, 1.165) is 43.7 Å². The number of rotatable bonds is 8. The first kappa shape index (κ1) is 26.4. The highest BCUT2D eigenvalue weighted by atomic mass is 35.5. The summed E-state index contributed by atoms with van der Waals surface area (Å²) in [7, 11) is 0. The van der Waals surface area contributed by atoms with E-state index in [2.05, 4.69) is 12.2 Å². The number of anilines is 2. The summed E-state index contributed by atoms with van der Waals surface area (Å²) < 4.78 is 5.19. The van der Waals surface area contributed by atoms with E-state index in [1.807, 2.05) is 11.8 Å². The number of likely N-dealkylation sites (tertiary alicyclic amines) is 1. The van der Waals surface area contributed by atoms with E-state index in [4.69, 9.17) is 16.3 Å². The first-order valence-corrected chi connectivity index (χ1v) is 12.9. The van der Waals surface area contributed by atoms with Gasteiger partial charge in [0.1, 0.15) is 10.7 Å². The van der Waals surface area contributed by atoms with E-state index >= 15 is 0 Å². The van der Waals surface area contributed by atoms with Crippen LogP contribution in [-0.4, -0.2) is 48.3 Å². The number of nitrogens with zero attached hydrogens (tertiary/aromatic N) is 2. The highest BCUT2D eigenvalue weighted by Gasteiger charge is 2.39. The van der Waals surface area contributed by atoms with Crippen LogP contribution in [0.2, 0.25) is 0 Å². The van der Waals surface area contributed by atoms with Crippen LogP contribution in [-0.2, 0) is 14.3 Å². The first-order chi connectivity index (χ1) is 17.8. The van der Waals surface area contributed by atoms with Crippen LogP contribution < -0.4 is 10.2 Å². The van der Waals surface area contributed by atoms with Crippen LogP contribution in [0.4, 0.5) is 11.4 Å². The Hall–Kier alpha value is -3.65. The summed E-state index contributed by atoms with van der Waals surface area (Å²) >= 11 is 6.24. The van der Waals surface area contributed by atoms with Gasteiger partial charge in [0, 0.05) is 24.3 Å². The molecule has 1 N–H and O–H groups in total. The van der Waals surface area contributed by atoms with Crippen molar-refractivity contribution in [2.45, 2.75) is 39.5 Å². The molecule has 0 bridgehead atoms. The Morgan fingerprint density at radius 3 is 2.35 bits per heavy atom. The van der Waals surface area contributed by atoms with Crippen molar-refractivity contribution in [1.29, 1.82) is 0 Å². The number of hydrogen-bond acceptors (Lipinski definition) is 6. The molecular formula is C28H30ClN3O5. The monoisotopic (exact) mass is 523 g/mol. The van der Waals surface area contributed by atoms with Gasteiger partial charge in [0.05, 0.1) is 17.9 Å². The highest BCUT2D eigenvalue weighted by Crippen LogP contribution is 2.30. The summed E-state index contributed by atoms with van der Waals surface area (Å²) in [5.41, 5.74) is 1.63. The van der Waals surface area contributed by atoms with Gasteiger partial charge in [-0.15, -0.1) is 0 Å². The van der Waals surface area contributed by atoms with Crippen LogP contribution in [0.5, 0.6) is 0 Å². The summed E-state index contributed by atoms with van der Waals surface area (Å²) in [5.74, 6) is -1.28. The van der Waals surface area contributed by atoms with Gasteiger partial charge in [-0.25, -0.2) is 9.69 Å². The molecule has 1 unspecified atom stereocenters. The molecule has 1 atom stereocenters. The van der Waals surface area contributed by atoms with Crippen molar-refractivity contribution >= 4 is 46.7 Å². The molecule has 0 spiro atoms. The summed E-state index contributed by atoms with van der Waals surface area (Å²) in [6, 6.07) is 12.7. The molecule has 9 heteroatoms. The van der Waals surface area contributed by atoms with Crippen LogP contribution in [0.3, 0.4) is 0 Å². The van der Waals surface area contributed by atoms with Gasteiger partial charge in [-0.3, -0.25) is 14.4 Å². The Bertz CT molecular complexity index is 1220. The highest BCUT2D eigenvalue weighted by molar-refractivity contribution is 6.53. The lowest BCUT2D eigenvalue weighted by molar-refractivity contribution is -0.120. The second-order valence-electron chi connectivity index (χ2n) is 9.37. The number of carbonyl (C=O) groups is 4. The molecule has 2 aromatic rings. The second kappa shape index (κ2) is 11.6. The Balaban J connectivity index is 1.42. The van der Waals surface area contributed by atoms with Crippen molar-refractivity contribution in [3.63, 3.8) is 0 Å². The number of imide groups is 1. The minimum atomic E-state index is -0.668. The smallest absolute Gasteiger partial charge is 0.338 e. The molecule has 4 rings (SSSR count). The maximum absolute atomic E-state index is 13.1. The minimum Gasteiger partial charge on any atom is -0.462 e. The fraction of sp³-hybridized carbons (Fsp3) is 0.357. The molecule has 2 aliphatic rings. The molecule has 0 saturated carbocycles. The molecule has 0 aliphatic carbocycles. The number of amides is 3. The fourth-order valence-electron chi connectivity index (χ4n) is 4.38. The van der Waals surface area contributed by atoms with Crippen molar-refractivity contribution in [3.8, 4) is 0 Å². The predicted molar refractivity (Wildman–Crippen MR) is 141 cm³/mol. The van der Waals surface area contributed by atoms with Crippen molar-refractivity contribution < 1.29 is 23.9 Å². The number of esters is 1. The van der Waals surface area contributed by atoms with Crippen LogP contribution in [0.15, 0.2) is 59.3 Å². The van der Waals surface area contributed by atoms with Gasteiger partial charge in [0.2, 0.25) is 0 Å². The van der Waals surface area contributed by atoms with Gasteiger partial charge in [-0.1, -0.05) is 31.9 Å². The van der Waals surface area contributed by atoms with Crippen LogP contribution in [0.25, 0.3) is 0 Å². The summed E-state index contributed by atoms with van der Waals surface area (Å²) in [5, 5.41) is 2.68. The average Bonchev–Trinajstić information content (AvgIpc) is 3.11. The number of benzene rings is 2. The van der Waals surface area contributed by atoms with E-state index in [-0.39, 0.29) is 22.3 Å². The zero-order chi connectivity index (χ0) is 26.5. The third-order valence-electron chi connectivity index (χ3n) is 6.46. The quantitative estimate of drug-likeness (QED) is 0.299. The van der Waals surface area contributed by atoms with Gasteiger partial charge in [0.15, 0.2) is 0 Å². The number of piperidine rings is 1. The van der Waals surface area contributed by atoms with Crippen molar-refractivity contribution in [3.05, 3.63) is 70.4 Å². The largest absolute Gasteiger partial charge is 0.462 e. The third-order valence-corrected chi connectivity index (χ3v) is 6.82. The number of halogens is 1. The lowest BCUT2D eigenvalue weighted by Gasteiger charge is -2.31. The Morgan fingerprint density at radius 1 is 1.03 bits per heavy atom. The fourth-order valence-corrected chi connectivity index (χ4v) is 4.59. The standard InChI is InChI=1S/C28H30ClN3O5/c1-3-4-16-37-28(36)20-9-13-22(14-10-20)32-26(34)23(29)24(27(32)35)30-21-11-7-19(8-12-21)25(33)31-15-5-6-18(2)17-31/h7-14,18,30H,3-6,15-17H2,1-2H3. The van der Waals surface area contributed by atoms with Crippen molar-refractivity contribution in [1.82, 2.24) is 4.90 Å². The molecule has 8 nitrogen and oxygen atoms in total. The third kappa shape index (κ3) is 5.85. The van der Waals surface area contributed by atoms with Crippen LogP contribution in [0.1, 0.15) is 60.2 Å². The van der Waals surface area contributed by atoms with Crippen molar-refractivity contribution in [2.24, 2.45) is 5.92 Å². The minimum absolute atomic E-state index is 0.0219. The molecule has 194 valence electrons. The molecular weight excluding hydrogens is 494 g/mol. The van der Waals surface area contributed by atoms with E-state index in [1.54, 1.807) is 24.3 Å². The summed E-state index contributed by atoms with van der Waals surface area (Å²) in [4.78, 5) is 53.6.